The van der Waals surface area contributed by atoms with Gasteiger partial charge in [0, 0.05) is 6.54 Å². The third-order valence-corrected chi connectivity index (χ3v) is 3.55. The van der Waals surface area contributed by atoms with Gasteiger partial charge in [0.25, 0.3) is 0 Å². The fourth-order valence-corrected chi connectivity index (χ4v) is 2.49. The largest absolute Gasteiger partial charge is 0.481 e. The van der Waals surface area contributed by atoms with E-state index < -0.39 is 17.8 Å². The normalized spacial score (nSPS) is 22.2. The molecule has 1 aliphatic rings. The molecule has 5 heteroatoms. The zero-order valence-corrected chi connectivity index (χ0v) is 10.4. The number of halogens is 1. The van der Waals surface area contributed by atoms with Crippen LogP contribution in [0.5, 0.6) is 0 Å². The Morgan fingerprint density at radius 3 is 2.47 bits per heavy atom. The van der Waals surface area contributed by atoms with E-state index in [1.165, 1.54) is 12.1 Å². The van der Waals surface area contributed by atoms with E-state index in [1.54, 1.807) is 12.1 Å². The van der Waals surface area contributed by atoms with E-state index in [9.17, 15) is 14.0 Å². The van der Waals surface area contributed by atoms with E-state index in [1.807, 2.05) is 0 Å². The molecule has 1 aromatic rings. The van der Waals surface area contributed by atoms with Crippen LogP contribution >= 0.6 is 0 Å². The average molecular weight is 265 g/mol. The molecule has 1 aromatic carbocycles. The second kappa shape index (κ2) is 5.82. The predicted octanol–water partition coefficient (Wildman–Crippen LogP) is 1.94. The highest BCUT2D eigenvalue weighted by molar-refractivity contribution is 5.85. The Hall–Kier alpha value is -1.91. The van der Waals surface area contributed by atoms with Crippen LogP contribution in [0, 0.1) is 17.7 Å². The number of aliphatic carboxylic acids is 1. The quantitative estimate of drug-likeness (QED) is 0.874. The van der Waals surface area contributed by atoms with Gasteiger partial charge in [-0.15, -0.1) is 0 Å². The van der Waals surface area contributed by atoms with E-state index in [0.29, 0.717) is 19.4 Å². The number of rotatable bonds is 4. The van der Waals surface area contributed by atoms with Gasteiger partial charge in [0.05, 0.1) is 11.8 Å². The maximum absolute atomic E-state index is 12.7. The van der Waals surface area contributed by atoms with Gasteiger partial charge >= 0.3 is 5.97 Å². The zero-order valence-electron chi connectivity index (χ0n) is 10.4. The Kier molecular flexibility index (Phi) is 4.14. The van der Waals surface area contributed by atoms with Crippen molar-refractivity contribution in [2.45, 2.75) is 25.8 Å². The van der Waals surface area contributed by atoms with Crippen molar-refractivity contribution < 1.29 is 19.1 Å². The van der Waals surface area contributed by atoms with Crippen molar-refractivity contribution in [3.05, 3.63) is 35.6 Å². The van der Waals surface area contributed by atoms with Crippen molar-refractivity contribution in [2.75, 3.05) is 0 Å². The summed E-state index contributed by atoms with van der Waals surface area (Å²) in [6.07, 6.45) is 1.95. The number of carbonyl (C=O) groups is 2. The molecule has 0 unspecified atom stereocenters. The lowest BCUT2D eigenvalue weighted by atomic mass is 9.95. The van der Waals surface area contributed by atoms with Crippen LogP contribution in [0.3, 0.4) is 0 Å². The van der Waals surface area contributed by atoms with Crippen LogP contribution in [0.2, 0.25) is 0 Å². The average Bonchev–Trinajstić information content (AvgIpc) is 2.87. The second-order valence-corrected chi connectivity index (χ2v) is 4.83. The fourth-order valence-electron chi connectivity index (χ4n) is 2.49. The summed E-state index contributed by atoms with van der Waals surface area (Å²) in [5, 5.41) is 11.7. The predicted molar refractivity (Wildman–Crippen MR) is 66.7 cm³/mol. The van der Waals surface area contributed by atoms with Gasteiger partial charge < -0.3 is 10.4 Å². The van der Waals surface area contributed by atoms with E-state index in [0.717, 1.165) is 12.0 Å². The summed E-state index contributed by atoms with van der Waals surface area (Å²) in [6.45, 7) is 0.294. The van der Waals surface area contributed by atoms with Crippen molar-refractivity contribution in [3.63, 3.8) is 0 Å². The number of benzene rings is 1. The van der Waals surface area contributed by atoms with E-state index >= 15 is 0 Å². The second-order valence-electron chi connectivity index (χ2n) is 4.83. The summed E-state index contributed by atoms with van der Waals surface area (Å²) < 4.78 is 12.7. The van der Waals surface area contributed by atoms with Crippen molar-refractivity contribution in [3.8, 4) is 0 Å². The molecular formula is C14H16FNO3. The first-order chi connectivity index (χ1) is 9.08. The molecule has 0 aliphatic heterocycles. The van der Waals surface area contributed by atoms with Crippen molar-refractivity contribution in [1.29, 1.82) is 0 Å². The monoisotopic (exact) mass is 265 g/mol. The maximum Gasteiger partial charge on any atom is 0.307 e. The van der Waals surface area contributed by atoms with Crippen LogP contribution in [0.25, 0.3) is 0 Å². The lowest BCUT2D eigenvalue weighted by Crippen LogP contribution is -2.34. The Labute approximate surface area is 110 Å². The highest BCUT2D eigenvalue weighted by atomic mass is 19.1. The van der Waals surface area contributed by atoms with Crippen molar-refractivity contribution in [1.82, 2.24) is 5.32 Å². The van der Waals surface area contributed by atoms with Gasteiger partial charge in [-0.1, -0.05) is 18.6 Å². The minimum atomic E-state index is -0.903. The van der Waals surface area contributed by atoms with Crippen LogP contribution < -0.4 is 5.32 Å². The first-order valence-corrected chi connectivity index (χ1v) is 6.33. The summed E-state index contributed by atoms with van der Waals surface area (Å²) in [7, 11) is 0. The molecule has 0 heterocycles. The zero-order chi connectivity index (χ0) is 13.8. The first-order valence-electron chi connectivity index (χ1n) is 6.33. The molecule has 102 valence electrons. The first kappa shape index (κ1) is 13.5. The van der Waals surface area contributed by atoms with Crippen LogP contribution in [0.15, 0.2) is 24.3 Å². The SMILES string of the molecule is O=C(O)[C@H]1CCC[C@H]1C(=O)NCc1ccc(F)cc1. The molecule has 2 rings (SSSR count). The Bertz CT molecular complexity index is 472. The van der Waals surface area contributed by atoms with Crippen molar-refractivity contribution in [2.24, 2.45) is 11.8 Å². The number of carboxylic acids is 1. The molecular weight excluding hydrogens is 249 g/mol. The third-order valence-electron chi connectivity index (χ3n) is 3.55. The summed E-state index contributed by atoms with van der Waals surface area (Å²) in [5.74, 6) is -2.48. The standard InChI is InChI=1S/C14H16FNO3/c15-10-6-4-9(5-7-10)8-16-13(17)11-2-1-3-12(11)14(18)19/h4-7,11-12H,1-3,8H2,(H,16,17)(H,18,19)/t11-,12+/m1/s1. The molecule has 2 N–H and O–H groups in total. The fraction of sp³-hybridized carbons (Fsp3) is 0.429. The van der Waals surface area contributed by atoms with Gasteiger partial charge in [-0.3, -0.25) is 9.59 Å². The van der Waals surface area contributed by atoms with E-state index in [4.69, 9.17) is 5.11 Å². The van der Waals surface area contributed by atoms with Crippen LogP contribution in [0.1, 0.15) is 24.8 Å². The van der Waals surface area contributed by atoms with Crippen molar-refractivity contribution >= 4 is 11.9 Å². The summed E-state index contributed by atoms with van der Waals surface area (Å²) in [4.78, 5) is 23.0. The number of carbonyl (C=O) groups excluding carboxylic acids is 1. The van der Waals surface area contributed by atoms with Gasteiger partial charge in [0.15, 0.2) is 0 Å². The molecule has 0 bridgehead atoms. The van der Waals surface area contributed by atoms with Crippen LogP contribution in [-0.4, -0.2) is 17.0 Å². The molecule has 1 aliphatic carbocycles. The highest BCUT2D eigenvalue weighted by Crippen LogP contribution is 2.32. The summed E-state index contributed by atoms with van der Waals surface area (Å²) >= 11 is 0. The van der Waals surface area contributed by atoms with Crippen LogP contribution in [-0.2, 0) is 16.1 Å². The highest BCUT2D eigenvalue weighted by Gasteiger charge is 2.37. The smallest absolute Gasteiger partial charge is 0.307 e. The molecule has 19 heavy (non-hydrogen) atoms. The minimum Gasteiger partial charge on any atom is -0.481 e. The molecule has 0 saturated heterocycles. The Balaban J connectivity index is 1.90. The molecule has 2 atom stereocenters. The number of nitrogens with one attached hydrogen (secondary N) is 1. The molecule has 0 aromatic heterocycles. The Morgan fingerprint density at radius 1 is 1.21 bits per heavy atom. The lowest BCUT2D eigenvalue weighted by molar-refractivity contribution is -0.146. The topological polar surface area (TPSA) is 66.4 Å². The number of hydrogen-bond donors (Lipinski definition) is 2. The Morgan fingerprint density at radius 2 is 1.84 bits per heavy atom. The van der Waals surface area contributed by atoms with Gasteiger partial charge in [-0.05, 0) is 30.5 Å². The van der Waals surface area contributed by atoms with Gasteiger partial charge in [-0.2, -0.15) is 0 Å². The molecule has 1 amide bonds. The molecule has 1 saturated carbocycles. The van der Waals surface area contributed by atoms with Crippen LogP contribution in [0.4, 0.5) is 4.39 Å². The maximum atomic E-state index is 12.7. The van der Waals surface area contributed by atoms with Gasteiger partial charge in [-0.25, -0.2) is 4.39 Å². The number of amides is 1. The molecule has 0 radical (unpaired) electrons. The molecule has 1 fully saturated rings. The van der Waals surface area contributed by atoms with Gasteiger partial charge in [0.2, 0.25) is 5.91 Å². The summed E-state index contributed by atoms with van der Waals surface area (Å²) in [5.41, 5.74) is 0.791. The molecule has 0 spiro atoms. The van der Waals surface area contributed by atoms with E-state index in [2.05, 4.69) is 5.32 Å². The number of hydrogen-bond acceptors (Lipinski definition) is 2. The van der Waals surface area contributed by atoms with E-state index in [-0.39, 0.29) is 11.7 Å². The molecule has 4 nitrogen and oxygen atoms in total. The van der Waals surface area contributed by atoms with Gasteiger partial charge in [0.1, 0.15) is 5.82 Å². The third kappa shape index (κ3) is 3.30. The summed E-state index contributed by atoms with van der Waals surface area (Å²) in [6, 6.07) is 5.85. The lowest BCUT2D eigenvalue weighted by Gasteiger charge is -2.15. The number of carboxylic acid groups (broad SMARTS) is 1. The minimum absolute atomic E-state index is 0.228.